The van der Waals surface area contributed by atoms with E-state index in [4.69, 9.17) is 4.98 Å². The van der Waals surface area contributed by atoms with Crippen molar-refractivity contribution in [2.75, 3.05) is 6.54 Å². The summed E-state index contributed by atoms with van der Waals surface area (Å²) in [7, 11) is 0. The van der Waals surface area contributed by atoms with Crippen molar-refractivity contribution in [3.05, 3.63) is 74.4 Å². The number of rotatable bonds is 4. The minimum Gasteiger partial charge on any atom is -0.333 e. The highest BCUT2D eigenvalue weighted by Gasteiger charge is 2.30. The molecule has 1 amide bonds. The second kappa shape index (κ2) is 8.11. The molecular formula is C23H22N4O3S. The van der Waals surface area contributed by atoms with Gasteiger partial charge in [-0.05, 0) is 43.5 Å². The predicted octanol–water partition coefficient (Wildman–Crippen LogP) is 3.44. The maximum absolute atomic E-state index is 13.2. The second-order valence-electron chi connectivity index (χ2n) is 7.80. The van der Waals surface area contributed by atoms with Gasteiger partial charge in [0.05, 0.1) is 27.2 Å². The lowest BCUT2D eigenvalue weighted by atomic mass is 10.0. The SMILES string of the molecule is O=C(CCn1c(=O)[nH]c(=O)c2ccccc21)N1CCCCC1c1nc2ccccc2s1. The van der Waals surface area contributed by atoms with E-state index in [-0.39, 0.29) is 24.9 Å². The number of carbonyl (C=O) groups excluding carboxylic acids is 1. The first-order chi connectivity index (χ1) is 15.1. The van der Waals surface area contributed by atoms with Gasteiger partial charge in [-0.3, -0.25) is 19.1 Å². The van der Waals surface area contributed by atoms with Gasteiger partial charge in [-0.15, -0.1) is 11.3 Å². The molecule has 8 heteroatoms. The number of benzene rings is 2. The summed E-state index contributed by atoms with van der Waals surface area (Å²) in [4.78, 5) is 46.7. The molecule has 0 bridgehead atoms. The first-order valence-corrected chi connectivity index (χ1v) is 11.3. The number of nitrogens with one attached hydrogen (secondary N) is 1. The summed E-state index contributed by atoms with van der Waals surface area (Å²) >= 11 is 1.65. The quantitative estimate of drug-likeness (QED) is 0.533. The fraction of sp³-hybridized carbons (Fsp3) is 0.304. The minimum atomic E-state index is -0.488. The number of fused-ring (bicyclic) bond motifs is 2. The van der Waals surface area contributed by atoms with E-state index in [0.717, 1.165) is 34.5 Å². The molecule has 2 aromatic heterocycles. The standard InChI is InChI=1S/C23H22N4O3S/c28-20(12-14-27-17-9-3-1-7-15(17)21(29)25-23(27)30)26-13-6-5-10-18(26)22-24-16-8-2-4-11-19(16)31-22/h1-4,7-9,11,18H,5-6,10,12-14H2,(H,25,29,30). The third kappa shape index (κ3) is 3.67. The number of nitrogens with zero attached hydrogens (tertiary/aromatic N) is 3. The predicted molar refractivity (Wildman–Crippen MR) is 121 cm³/mol. The number of thiazole rings is 1. The molecule has 1 aliphatic heterocycles. The molecule has 3 heterocycles. The normalized spacial score (nSPS) is 16.8. The summed E-state index contributed by atoms with van der Waals surface area (Å²) in [5.74, 6) is 0.00568. The maximum Gasteiger partial charge on any atom is 0.328 e. The first kappa shape index (κ1) is 19.7. The lowest BCUT2D eigenvalue weighted by Gasteiger charge is -2.34. The van der Waals surface area contributed by atoms with Gasteiger partial charge in [0.25, 0.3) is 5.56 Å². The third-order valence-corrected chi connectivity index (χ3v) is 7.01. The summed E-state index contributed by atoms with van der Waals surface area (Å²) in [6, 6.07) is 15.0. The van der Waals surface area contributed by atoms with Gasteiger partial charge in [0.15, 0.2) is 0 Å². The summed E-state index contributed by atoms with van der Waals surface area (Å²) in [6.45, 7) is 0.915. The molecule has 1 atom stereocenters. The lowest BCUT2D eigenvalue weighted by Crippen LogP contribution is -2.39. The summed E-state index contributed by atoms with van der Waals surface area (Å²) in [5.41, 5.74) is 0.616. The Bertz CT molecular complexity index is 1350. The van der Waals surface area contributed by atoms with Crippen molar-refractivity contribution in [2.24, 2.45) is 0 Å². The van der Waals surface area contributed by atoms with Crippen LogP contribution in [0.3, 0.4) is 0 Å². The van der Waals surface area contributed by atoms with Crippen molar-refractivity contribution in [3.63, 3.8) is 0 Å². The van der Waals surface area contributed by atoms with Crippen LogP contribution < -0.4 is 11.2 Å². The van der Waals surface area contributed by atoms with Crippen LogP contribution in [0.4, 0.5) is 0 Å². The van der Waals surface area contributed by atoms with Crippen LogP contribution in [0.15, 0.2) is 58.1 Å². The molecular weight excluding hydrogens is 412 g/mol. The number of amides is 1. The molecule has 1 aliphatic rings. The lowest BCUT2D eigenvalue weighted by molar-refractivity contribution is -0.135. The van der Waals surface area contributed by atoms with Crippen LogP contribution in [-0.4, -0.2) is 31.9 Å². The Morgan fingerprint density at radius 1 is 1.10 bits per heavy atom. The van der Waals surface area contributed by atoms with Gasteiger partial charge >= 0.3 is 5.69 Å². The van der Waals surface area contributed by atoms with Crippen LogP contribution in [0.25, 0.3) is 21.1 Å². The first-order valence-electron chi connectivity index (χ1n) is 10.5. The largest absolute Gasteiger partial charge is 0.333 e. The highest BCUT2D eigenvalue weighted by Crippen LogP contribution is 2.36. The zero-order valence-electron chi connectivity index (χ0n) is 16.9. The Hall–Kier alpha value is -3.26. The van der Waals surface area contributed by atoms with Crippen LogP contribution in [0, 0.1) is 0 Å². The Morgan fingerprint density at radius 2 is 1.90 bits per heavy atom. The van der Waals surface area contributed by atoms with Gasteiger partial charge in [0.2, 0.25) is 5.91 Å². The molecule has 1 N–H and O–H groups in total. The van der Waals surface area contributed by atoms with E-state index in [2.05, 4.69) is 11.1 Å². The number of aryl methyl sites for hydroxylation is 1. The monoisotopic (exact) mass is 434 g/mol. The zero-order chi connectivity index (χ0) is 21.4. The van der Waals surface area contributed by atoms with Crippen LogP contribution in [0.2, 0.25) is 0 Å². The number of hydrogen-bond donors (Lipinski definition) is 1. The van der Waals surface area contributed by atoms with Gasteiger partial charge in [-0.25, -0.2) is 9.78 Å². The number of hydrogen-bond acceptors (Lipinski definition) is 5. The number of likely N-dealkylation sites (tertiary alicyclic amines) is 1. The fourth-order valence-corrected chi connectivity index (χ4v) is 5.45. The van der Waals surface area contributed by atoms with E-state index in [0.29, 0.717) is 17.4 Å². The summed E-state index contributed by atoms with van der Waals surface area (Å²) in [5, 5.41) is 1.42. The van der Waals surface area contributed by atoms with E-state index in [1.807, 2.05) is 23.1 Å². The Labute approximate surface area is 182 Å². The fourth-order valence-electron chi connectivity index (χ4n) is 4.33. The molecule has 4 aromatic rings. The van der Waals surface area contributed by atoms with E-state index in [1.54, 1.807) is 35.6 Å². The van der Waals surface area contributed by atoms with Crippen LogP contribution >= 0.6 is 11.3 Å². The summed E-state index contributed by atoms with van der Waals surface area (Å²) in [6.07, 6.45) is 3.12. The van der Waals surface area contributed by atoms with Crippen molar-refractivity contribution in [2.45, 2.75) is 38.3 Å². The molecule has 7 nitrogen and oxygen atoms in total. The minimum absolute atomic E-state index is 0.00568. The number of H-pyrrole nitrogens is 1. The Balaban J connectivity index is 1.40. The van der Waals surface area contributed by atoms with Gasteiger partial charge in [-0.1, -0.05) is 24.3 Å². The average Bonchev–Trinajstić information content (AvgIpc) is 3.23. The maximum atomic E-state index is 13.2. The van der Waals surface area contributed by atoms with Crippen molar-refractivity contribution in [1.82, 2.24) is 19.4 Å². The van der Waals surface area contributed by atoms with Crippen molar-refractivity contribution >= 4 is 38.4 Å². The van der Waals surface area contributed by atoms with E-state index in [1.165, 1.54) is 4.57 Å². The molecule has 0 spiro atoms. The molecule has 1 saturated heterocycles. The molecule has 0 radical (unpaired) electrons. The number of para-hydroxylation sites is 2. The topological polar surface area (TPSA) is 88.1 Å². The van der Waals surface area contributed by atoms with Crippen molar-refractivity contribution in [3.8, 4) is 0 Å². The van der Waals surface area contributed by atoms with Gasteiger partial charge in [0, 0.05) is 19.5 Å². The van der Waals surface area contributed by atoms with Crippen LogP contribution in [-0.2, 0) is 11.3 Å². The zero-order valence-corrected chi connectivity index (χ0v) is 17.7. The molecule has 158 valence electrons. The van der Waals surface area contributed by atoms with E-state index in [9.17, 15) is 14.4 Å². The number of aromatic amines is 1. The van der Waals surface area contributed by atoms with Crippen LogP contribution in [0.1, 0.15) is 36.7 Å². The van der Waals surface area contributed by atoms with E-state index < -0.39 is 11.2 Å². The molecule has 0 saturated carbocycles. The Morgan fingerprint density at radius 3 is 2.77 bits per heavy atom. The molecule has 1 fully saturated rings. The van der Waals surface area contributed by atoms with Gasteiger partial charge in [-0.2, -0.15) is 0 Å². The number of carbonyl (C=O) groups is 1. The van der Waals surface area contributed by atoms with Gasteiger partial charge < -0.3 is 4.90 Å². The highest BCUT2D eigenvalue weighted by atomic mass is 32.1. The molecule has 5 rings (SSSR count). The molecule has 1 unspecified atom stereocenters. The average molecular weight is 435 g/mol. The van der Waals surface area contributed by atoms with E-state index >= 15 is 0 Å². The van der Waals surface area contributed by atoms with Crippen molar-refractivity contribution in [1.29, 1.82) is 0 Å². The summed E-state index contributed by atoms with van der Waals surface area (Å²) < 4.78 is 2.60. The number of aromatic nitrogens is 3. The molecule has 31 heavy (non-hydrogen) atoms. The van der Waals surface area contributed by atoms with Crippen molar-refractivity contribution < 1.29 is 4.79 Å². The Kier molecular flexibility index (Phi) is 5.15. The smallest absolute Gasteiger partial charge is 0.328 e. The molecule has 0 aliphatic carbocycles. The third-order valence-electron chi connectivity index (χ3n) is 5.87. The second-order valence-corrected chi connectivity index (χ2v) is 8.86. The van der Waals surface area contributed by atoms with Crippen LogP contribution in [0.5, 0.6) is 0 Å². The van der Waals surface area contributed by atoms with Gasteiger partial charge in [0.1, 0.15) is 5.01 Å². The number of piperidine rings is 1. The molecule has 2 aromatic carbocycles. The highest BCUT2D eigenvalue weighted by molar-refractivity contribution is 7.18.